The number of nitrogens with zero attached hydrogens (tertiary/aromatic N) is 2. The third-order valence-electron chi connectivity index (χ3n) is 6.51. The summed E-state index contributed by atoms with van der Waals surface area (Å²) in [7, 11) is 0. The number of carbonyl (C=O) groups excluding carboxylic acids is 2. The SMILES string of the molecule is C=C(O)c1cccn2cc(-c3ccc(C[C@@H](CNC(=O)C(C)(C)N)NC(=O)c4ccc(OC(C)C)c(Cl)c4)cc3)nc12. The highest BCUT2D eigenvalue weighted by Crippen LogP contribution is 2.27. The minimum Gasteiger partial charge on any atom is -0.508 e. The molecule has 220 valence electrons. The van der Waals surface area contributed by atoms with Crippen molar-refractivity contribution in [1.29, 1.82) is 0 Å². The molecule has 9 nitrogen and oxygen atoms in total. The van der Waals surface area contributed by atoms with E-state index < -0.39 is 11.6 Å². The van der Waals surface area contributed by atoms with Crippen LogP contribution in [0, 0.1) is 0 Å². The van der Waals surface area contributed by atoms with Crippen LogP contribution in [0.2, 0.25) is 5.02 Å². The molecule has 2 amide bonds. The van der Waals surface area contributed by atoms with E-state index in [0.29, 0.717) is 34.0 Å². The van der Waals surface area contributed by atoms with E-state index in [-0.39, 0.29) is 30.2 Å². The fourth-order valence-electron chi connectivity index (χ4n) is 4.35. The Balaban J connectivity index is 1.52. The fourth-order valence-corrected chi connectivity index (χ4v) is 4.58. The van der Waals surface area contributed by atoms with Gasteiger partial charge in [0.15, 0.2) is 0 Å². The molecule has 0 aliphatic carbocycles. The second-order valence-corrected chi connectivity index (χ2v) is 11.4. The van der Waals surface area contributed by atoms with E-state index in [1.807, 2.05) is 61.0 Å². The van der Waals surface area contributed by atoms with Crippen LogP contribution in [-0.2, 0) is 11.2 Å². The Hall–Kier alpha value is -4.34. The lowest BCUT2D eigenvalue weighted by Crippen LogP contribution is -2.53. The molecule has 0 aliphatic heterocycles. The van der Waals surface area contributed by atoms with Crippen LogP contribution in [0.25, 0.3) is 22.7 Å². The predicted molar refractivity (Wildman–Crippen MR) is 166 cm³/mol. The Bertz CT molecular complexity index is 1610. The molecule has 0 aliphatic rings. The van der Waals surface area contributed by atoms with Crippen LogP contribution in [-0.4, -0.2) is 50.5 Å². The second kappa shape index (κ2) is 12.7. The highest BCUT2D eigenvalue weighted by Gasteiger charge is 2.24. The number of benzene rings is 2. The molecule has 0 unspecified atom stereocenters. The van der Waals surface area contributed by atoms with Gasteiger partial charge >= 0.3 is 0 Å². The zero-order valence-corrected chi connectivity index (χ0v) is 24.9. The second-order valence-electron chi connectivity index (χ2n) is 11.0. The van der Waals surface area contributed by atoms with Gasteiger partial charge in [0.05, 0.1) is 34.0 Å². The van der Waals surface area contributed by atoms with E-state index in [2.05, 4.69) is 22.2 Å². The third-order valence-corrected chi connectivity index (χ3v) is 6.81. The first-order valence-corrected chi connectivity index (χ1v) is 14.0. The number of ether oxygens (including phenoxy) is 1. The smallest absolute Gasteiger partial charge is 0.251 e. The number of nitrogens with one attached hydrogen (secondary N) is 2. The van der Waals surface area contributed by atoms with Gasteiger partial charge in [-0.3, -0.25) is 9.59 Å². The van der Waals surface area contributed by atoms with Crippen LogP contribution in [0.5, 0.6) is 5.75 Å². The summed E-state index contributed by atoms with van der Waals surface area (Å²) in [6.07, 6.45) is 4.12. The Labute approximate surface area is 250 Å². The molecular formula is C32H36ClN5O4. The number of nitrogens with two attached hydrogens (primary N) is 1. The Morgan fingerprint density at radius 1 is 1.17 bits per heavy atom. The molecule has 0 fully saturated rings. The van der Waals surface area contributed by atoms with Crippen molar-refractivity contribution in [3.05, 3.63) is 95.3 Å². The van der Waals surface area contributed by atoms with Gasteiger partial charge in [0.1, 0.15) is 17.2 Å². The predicted octanol–water partition coefficient (Wildman–Crippen LogP) is 5.17. The average Bonchev–Trinajstić information content (AvgIpc) is 3.36. The zero-order valence-electron chi connectivity index (χ0n) is 24.1. The number of fused-ring (bicyclic) bond motifs is 1. The molecule has 5 N–H and O–H groups in total. The average molecular weight is 590 g/mol. The van der Waals surface area contributed by atoms with Crippen molar-refractivity contribution < 1.29 is 19.4 Å². The number of aliphatic hydroxyl groups excluding tert-OH is 1. The number of hydrogen-bond donors (Lipinski definition) is 4. The molecule has 2 aromatic heterocycles. The van der Waals surface area contributed by atoms with Crippen LogP contribution in [0.15, 0.2) is 73.6 Å². The molecule has 4 rings (SSSR count). The number of halogens is 1. The number of rotatable bonds is 11. The first kappa shape index (κ1) is 30.6. The number of aromatic nitrogens is 2. The van der Waals surface area contributed by atoms with E-state index in [0.717, 1.165) is 16.8 Å². The number of imidazole rings is 1. The summed E-state index contributed by atoms with van der Waals surface area (Å²) in [5, 5.41) is 16.1. The van der Waals surface area contributed by atoms with Crippen molar-refractivity contribution in [3.63, 3.8) is 0 Å². The first-order chi connectivity index (χ1) is 19.8. The number of carbonyl (C=O) groups is 2. The molecule has 0 radical (unpaired) electrons. The molecule has 0 spiro atoms. The molecule has 0 bridgehead atoms. The molecule has 42 heavy (non-hydrogen) atoms. The largest absolute Gasteiger partial charge is 0.508 e. The molecular weight excluding hydrogens is 554 g/mol. The Morgan fingerprint density at radius 2 is 1.88 bits per heavy atom. The summed E-state index contributed by atoms with van der Waals surface area (Å²) in [4.78, 5) is 30.3. The van der Waals surface area contributed by atoms with Crippen LogP contribution in [0.3, 0.4) is 0 Å². The molecule has 4 aromatic rings. The van der Waals surface area contributed by atoms with Gasteiger partial charge in [-0.15, -0.1) is 0 Å². The molecule has 2 aromatic carbocycles. The fraction of sp³-hybridized carbons (Fsp3) is 0.281. The first-order valence-electron chi connectivity index (χ1n) is 13.6. The van der Waals surface area contributed by atoms with Gasteiger partial charge in [0.25, 0.3) is 5.91 Å². The third kappa shape index (κ3) is 7.48. The van der Waals surface area contributed by atoms with E-state index >= 15 is 0 Å². The van der Waals surface area contributed by atoms with Gasteiger partial charge < -0.3 is 30.6 Å². The van der Waals surface area contributed by atoms with Gasteiger partial charge in [-0.2, -0.15) is 0 Å². The minimum absolute atomic E-state index is 0.0478. The van der Waals surface area contributed by atoms with Crippen molar-refractivity contribution in [1.82, 2.24) is 20.0 Å². The van der Waals surface area contributed by atoms with Crippen LogP contribution in [0.1, 0.15) is 49.2 Å². The van der Waals surface area contributed by atoms with E-state index in [9.17, 15) is 14.7 Å². The molecule has 10 heteroatoms. The van der Waals surface area contributed by atoms with Crippen molar-refractivity contribution in [2.75, 3.05) is 6.54 Å². The van der Waals surface area contributed by atoms with Gasteiger partial charge in [0, 0.05) is 30.1 Å². The highest BCUT2D eigenvalue weighted by atomic mass is 35.5. The summed E-state index contributed by atoms with van der Waals surface area (Å²) in [6, 6.07) is 15.8. The molecule has 0 saturated heterocycles. The molecule has 1 atom stereocenters. The summed E-state index contributed by atoms with van der Waals surface area (Å²) in [5.41, 5.74) is 8.99. The maximum Gasteiger partial charge on any atom is 0.251 e. The minimum atomic E-state index is -1.06. The summed E-state index contributed by atoms with van der Waals surface area (Å²) >= 11 is 6.35. The Morgan fingerprint density at radius 3 is 2.50 bits per heavy atom. The maximum absolute atomic E-state index is 13.2. The lowest BCUT2D eigenvalue weighted by molar-refractivity contribution is -0.125. The summed E-state index contributed by atoms with van der Waals surface area (Å²) < 4.78 is 7.50. The topological polar surface area (TPSA) is 131 Å². The van der Waals surface area contributed by atoms with Crippen LogP contribution >= 0.6 is 11.6 Å². The van der Waals surface area contributed by atoms with E-state index in [1.54, 1.807) is 38.1 Å². The van der Waals surface area contributed by atoms with Gasteiger partial charge in [-0.25, -0.2) is 4.98 Å². The highest BCUT2D eigenvalue weighted by molar-refractivity contribution is 6.32. The zero-order chi connectivity index (χ0) is 30.6. The van der Waals surface area contributed by atoms with Gasteiger partial charge in [-0.05, 0) is 70.0 Å². The van der Waals surface area contributed by atoms with Crippen molar-refractivity contribution >= 4 is 34.8 Å². The van der Waals surface area contributed by atoms with Crippen LogP contribution < -0.4 is 21.1 Å². The lowest BCUT2D eigenvalue weighted by atomic mass is 10.0. The normalized spacial score (nSPS) is 12.3. The Kier molecular flexibility index (Phi) is 9.23. The molecule has 0 saturated carbocycles. The van der Waals surface area contributed by atoms with Crippen molar-refractivity contribution in [2.24, 2.45) is 5.73 Å². The molecule has 2 heterocycles. The van der Waals surface area contributed by atoms with Crippen LogP contribution in [0.4, 0.5) is 0 Å². The van der Waals surface area contributed by atoms with Crippen molar-refractivity contribution in [2.45, 2.75) is 51.8 Å². The summed E-state index contributed by atoms with van der Waals surface area (Å²) in [5.74, 6) is -0.206. The standard InChI is InChI=1S/C32H36ClN5O4/c1-19(2)42-28-13-12-23(16-26(28)33)30(40)36-24(17-35-31(41)32(4,5)34)15-21-8-10-22(11-9-21)27-18-38-14-6-7-25(20(3)39)29(38)37-27/h6-14,16,18-19,24,39H,3,15,17,34H2,1-2,4-5H3,(H,35,41)(H,36,40)/t24-/m0/s1. The lowest BCUT2D eigenvalue weighted by Gasteiger charge is -2.23. The number of hydrogen-bond acceptors (Lipinski definition) is 6. The summed E-state index contributed by atoms with van der Waals surface area (Å²) in [6.45, 7) is 10.8. The van der Waals surface area contributed by atoms with Gasteiger partial charge in [0.2, 0.25) is 5.91 Å². The number of amides is 2. The number of aliphatic hydroxyl groups is 1. The van der Waals surface area contributed by atoms with E-state index in [4.69, 9.17) is 22.1 Å². The van der Waals surface area contributed by atoms with E-state index in [1.165, 1.54) is 0 Å². The maximum atomic E-state index is 13.2. The van der Waals surface area contributed by atoms with Crippen molar-refractivity contribution in [3.8, 4) is 17.0 Å². The van der Waals surface area contributed by atoms with Gasteiger partial charge in [-0.1, -0.05) is 42.4 Å². The number of pyridine rings is 1. The quantitative estimate of drug-likeness (QED) is 0.179. The monoisotopic (exact) mass is 589 g/mol.